The van der Waals surface area contributed by atoms with Crippen LogP contribution in [0.4, 0.5) is 0 Å². The number of benzene rings is 3. The van der Waals surface area contributed by atoms with Crippen LogP contribution in [0.15, 0.2) is 77.9 Å². The Labute approximate surface area is 174 Å². The van der Waals surface area contributed by atoms with E-state index in [4.69, 9.17) is 0 Å². The fourth-order valence-electron chi connectivity index (χ4n) is 4.15. The summed E-state index contributed by atoms with van der Waals surface area (Å²) in [5.41, 5.74) is 8.05. The zero-order valence-electron chi connectivity index (χ0n) is 16.7. The minimum atomic E-state index is -0.106. The molecule has 5 heteroatoms. The zero-order valence-corrected chi connectivity index (χ0v) is 16.7. The van der Waals surface area contributed by atoms with E-state index < -0.39 is 0 Å². The first-order chi connectivity index (χ1) is 14.7. The van der Waals surface area contributed by atoms with Gasteiger partial charge in [-0.05, 0) is 25.1 Å². The van der Waals surface area contributed by atoms with Crippen LogP contribution in [0.3, 0.4) is 0 Å². The average Bonchev–Trinajstić information content (AvgIpc) is 3.27. The molecule has 2 N–H and O–H groups in total. The second kappa shape index (κ2) is 7.52. The largest absolute Gasteiger partial charge is 0.358 e. The van der Waals surface area contributed by atoms with Crippen molar-refractivity contribution >= 4 is 44.8 Å². The first kappa shape index (κ1) is 18.2. The lowest BCUT2D eigenvalue weighted by Crippen LogP contribution is -2.19. The molecule has 5 rings (SSSR count). The molecule has 3 aromatic carbocycles. The third-order valence-electron chi connectivity index (χ3n) is 5.57. The number of aromatic amines is 1. The number of amides is 1. The summed E-state index contributed by atoms with van der Waals surface area (Å²) in [5.74, 6) is -0.106. The summed E-state index contributed by atoms with van der Waals surface area (Å²) in [4.78, 5) is 15.8. The van der Waals surface area contributed by atoms with Gasteiger partial charge >= 0.3 is 0 Å². The number of carbonyl (C=O) groups is 1. The first-order valence-corrected chi connectivity index (χ1v) is 10.1. The number of hydrazone groups is 1. The van der Waals surface area contributed by atoms with Gasteiger partial charge in [-0.1, -0.05) is 54.6 Å². The van der Waals surface area contributed by atoms with Crippen molar-refractivity contribution in [3.05, 3.63) is 84.1 Å². The van der Waals surface area contributed by atoms with Crippen LogP contribution in [0, 0.1) is 6.92 Å². The van der Waals surface area contributed by atoms with Crippen molar-refractivity contribution in [3.63, 3.8) is 0 Å². The monoisotopic (exact) mass is 394 g/mol. The molecule has 0 atom stereocenters. The average molecular weight is 394 g/mol. The number of fused-ring (bicyclic) bond motifs is 4. The van der Waals surface area contributed by atoms with Crippen molar-refractivity contribution in [1.29, 1.82) is 0 Å². The molecule has 0 bridgehead atoms. The molecule has 0 saturated heterocycles. The molecule has 30 heavy (non-hydrogen) atoms. The highest BCUT2D eigenvalue weighted by Crippen LogP contribution is 2.28. The van der Waals surface area contributed by atoms with Gasteiger partial charge < -0.3 is 9.55 Å². The fraction of sp³-hybridized carbons (Fsp3) is 0.120. The normalized spacial score (nSPS) is 11.8. The summed E-state index contributed by atoms with van der Waals surface area (Å²) in [6, 6.07) is 24.7. The lowest BCUT2D eigenvalue weighted by Gasteiger charge is -2.06. The van der Waals surface area contributed by atoms with Crippen molar-refractivity contribution in [2.24, 2.45) is 5.10 Å². The third-order valence-corrected chi connectivity index (χ3v) is 5.57. The molecule has 0 unspecified atom stereocenters. The summed E-state index contributed by atoms with van der Waals surface area (Å²) < 4.78 is 2.21. The Morgan fingerprint density at radius 2 is 1.53 bits per heavy atom. The molecule has 2 aromatic heterocycles. The second-order valence-corrected chi connectivity index (χ2v) is 7.44. The molecule has 148 valence electrons. The third kappa shape index (κ3) is 3.14. The molecule has 5 aromatic rings. The number of rotatable bonds is 5. The van der Waals surface area contributed by atoms with Gasteiger partial charge in [0.15, 0.2) is 0 Å². The maximum atomic E-state index is 12.4. The highest BCUT2D eigenvalue weighted by molar-refractivity contribution is 6.08. The Morgan fingerprint density at radius 1 is 0.933 bits per heavy atom. The van der Waals surface area contributed by atoms with Gasteiger partial charge in [0.2, 0.25) is 5.91 Å². The van der Waals surface area contributed by atoms with E-state index in [0.29, 0.717) is 13.0 Å². The Hall–Kier alpha value is -3.86. The quantitative estimate of drug-likeness (QED) is 0.315. The van der Waals surface area contributed by atoms with E-state index in [1.807, 2.05) is 55.5 Å². The Kier molecular flexibility index (Phi) is 4.56. The molecule has 0 radical (unpaired) electrons. The molecule has 0 saturated carbocycles. The van der Waals surface area contributed by atoms with Gasteiger partial charge in [-0.25, -0.2) is 5.43 Å². The van der Waals surface area contributed by atoms with Gasteiger partial charge in [-0.3, -0.25) is 4.79 Å². The predicted octanol–water partition coefficient (Wildman–Crippen LogP) is 5.12. The fourth-order valence-corrected chi connectivity index (χ4v) is 4.15. The van der Waals surface area contributed by atoms with Crippen molar-refractivity contribution in [2.45, 2.75) is 19.9 Å². The molecular formula is C25H22N4O. The van der Waals surface area contributed by atoms with Crippen molar-refractivity contribution in [2.75, 3.05) is 0 Å². The lowest BCUT2D eigenvalue weighted by molar-refractivity contribution is -0.121. The molecule has 0 spiro atoms. The van der Waals surface area contributed by atoms with Crippen LogP contribution in [0.2, 0.25) is 0 Å². The van der Waals surface area contributed by atoms with Gasteiger partial charge in [0, 0.05) is 56.9 Å². The van der Waals surface area contributed by atoms with E-state index in [-0.39, 0.29) is 5.91 Å². The molecule has 0 aliphatic rings. The van der Waals surface area contributed by atoms with E-state index in [1.165, 1.54) is 10.8 Å². The molecule has 2 heterocycles. The molecule has 1 amide bonds. The standard InChI is InChI=1S/C25H22N4O/c1-17-21(18-8-2-5-11-22(18)27-17)16-26-28-25(30)14-15-29-23-12-6-3-9-19(23)20-10-4-7-13-24(20)29/h2-13,16,27H,14-15H2,1H3,(H,28,30)/b26-16+. The highest BCUT2D eigenvalue weighted by Gasteiger charge is 2.11. The number of hydrogen-bond acceptors (Lipinski definition) is 2. The van der Waals surface area contributed by atoms with Crippen LogP contribution in [0.25, 0.3) is 32.7 Å². The minimum absolute atomic E-state index is 0.106. The molecule has 0 aliphatic heterocycles. The predicted molar refractivity (Wildman–Crippen MR) is 123 cm³/mol. The maximum absolute atomic E-state index is 12.4. The van der Waals surface area contributed by atoms with Crippen LogP contribution in [-0.2, 0) is 11.3 Å². The number of carbonyl (C=O) groups excluding carboxylic acids is 1. The molecule has 0 aliphatic carbocycles. The topological polar surface area (TPSA) is 62.2 Å². The van der Waals surface area contributed by atoms with Crippen molar-refractivity contribution < 1.29 is 4.79 Å². The molecular weight excluding hydrogens is 372 g/mol. The second-order valence-electron chi connectivity index (χ2n) is 7.44. The Balaban J connectivity index is 1.32. The Bertz CT molecular complexity index is 1350. The maximum Gasteiger partial charge on any atom is 0.241 e. The number of hydrogen-bond donors (Lipinski definition) is 2. The van der Waals surface area contributed by atoms with Crippen LogP contribution in [0.1, 0.15) is 17.7 Å². The van der Waals surface area contributed by atoms with Crippen LogP contribution < -0.4 is 5.43 Å². The molecule has 0 fully saturated rings. The van der Waals surface area contributed by atoms with Gasteiger partial charge in [-0.2, -0.15) is 5.10 Å². The van der Waals surface area contributed by atoms with E-state index in [1.54, 1.807) is 6.21 Å². The number of H-pyrrole nitrogens is 1. The SMILES string of the molecule is Cc1[nH]c2ccccc2c1/C=N/NC(=O)CCn1c2ccccc2c2ccccc21. The van der Waals surface area contributed by atoms with Gasteiger partial charge in [0.1, 0.15) is 0 Å². The van der Waals surface area contributed by atoms with Crippen molar-refractivity contribution in [3.8, 4) is 0 Å². The van der Waals surface area contributed by atoms with Crippen LogP contribution in [0.5, 0.6) is 0 Å². The van der Waals surface area contributed by atoms with Gasteiger partial charge in [0.05, 0.1) is 6.21 Å². The highest BCUT2D eigenvalue weighted by atomic mass is 16.2. The number of aryl methyl sites for hydroxylation is 2. The van der Waals surface area contributed by atoms with E-state index in [2.05, 4.69) is 44.3 Å². The van der Waals surface area contributed by atoms with Crippen LogP contribution >= 0.6 is 0 Å². The molecule has 5 nitrogen and oxygen atoms in total. The number of para-hydroxylation sites is 3. The van der Waals surface area contributed by atoms with E-state index in [0.717, 1.165) is 33.2 Å². The summed E-state index contributed by atoms with van der Waals surface area (Å²) >= 11 is 0. The van der Waals surface area contributed by atoms with Crippen LogP contribution in [-0.4, -0.2) is 21.7 Å². The van der Waals surface area contributed by atoms with E-state index >= 15 is 0 Å². The summed E-state index contributed by atoms with van der Waals surface area (Å²) in [7, 11) is 0. The van der Waals surface area contributed by atoms with Crippen molar-refractivity contribution in [1.82, 2.24) is 15.0 Å². The number of aromatic nitrogens is 2. The summed E-state index contributed by atoms with van der Waals surface area (Å²) in [5, 5.41) is 7.71. The Morgan fingerprint density at radius 3 is 2.23 bits per heavy atom. The number of nitrogens with one attached hydrogen (secondary N) is 2. The summed E-state index contributed by atoms with van der Waals surface area (Å²) in [6.07, 6.45) is 2.07. The summed E-state index contributed by atoms with van der Waals surface area (Å²) in [6.45, 7) is 2.60. The minimum Gasteiger partial charge on any atom is -0.358 e. The number of nitrogens with zero attached hydrogens (tertiary/aromatic N) is 2. The lowest BCUT2D eigenvalue weighted by atomic mass is 10.1. The van der Waals surface area contributed by atoms with Gasteiger partial charge in [0.25, 0.3) is 0 Å². The first-order valence-electron chi connectivity index (χ1n) is 10.1. The smallest absolute Gasteiger partial charge is 0.241 e. The van der Waals surface area contributed by atoms with Gasteiger partial charge in [-0.15, -0.1) is 0 Å². The zero-order chi connectivity index (χ0) is 20.5. The van der Waals surface area contributed by atoms with E-state index in [9.17, 15) is 4.79 Å².